The first-order valence-corrected chi connectivity index (χ1v) is 9.89. The predicted octanol–water partition coefficient (Wildman–Crippen LogP) is 0.949. The van der Waals surface area contributed by atoms with Gasteiger partial charge in [0.15, 0.2) is 5.82 Å². The molecule has 2 aromatic heterocycles. The average molecular weight is 442 g/mol. The molecule has 11 heteroatoms. The summed E-state index contributed by atoms with van der Waals surface area (Å²) in [6, 6.07) is 3.10. The second kappa shape index (κ2) is 8.79. The fourth-order valence-corrected chi connectivity index (χ4v) is 3.44. The molecule has 4 rings (SSSR count). The van der Waals surface area contributed by atoms with Crippen molar-refractivity contribution in [2.75, 3.05) is 6.61 Å². The topological polar surface area (TPSA) is 122 Å². The number of carbonyl (C=O) groups is 2. The molecule has 0 saturated heterocycles. The molecule has 0 unspecified atom stereocenters. The number of aliphatic hydroxyl groups is 1. The van der Waals surface area contributed by atoms with Crippen LogP contribution in [0.15, 0.2) is 30.6 Å². The summed E-state index contributed by atoms with van der Waals surface area (Å²) in [6.07, 6.45) is 3.29. The summed E-state index contributed by atoms with van der Waals surface area (Å²) in [4.78, 5) is 32.8. The maximum absolute atomic E-state index is 14.3. The number of benzene rings is 1. The first kappa shape index (κ1) is 21.5. The van der Waals surface area contributed by atoms with Crippen molar-refractivity contribution >= 4 is 11.8 Å². The summed E-state index contributed by atoms with van der Waals surface area (Å²) in [7, 11) is 0. The molecule has 32 heavy (non-hydrogen) atoms. The van der Waals surface area contributed by atoms with E-state index in [1.807, 2.05) is 0 Å². The van der Waals surface area contributed by atoms with E-state index in [0.717, 1.165) is 12.1 Å². The van der Waals surface area contributed by atoms with Crippen LogP contribution in [0.4, 0.5) is 8.78 Å². The molecule has 1 atom stereocenters. The van der Waals surface area contributed by atoms with Crippen molar-refractivity contribution in [3.63, 3.8) is 0 Å². The Balaban J connectivity index is 1.63. The number of aromatic nitrogens is 4. The number of hydrogen-bond donors (Lipinski definition) is 3. The van der Waals surface area contributed by atoms with E-state index in [1.165, 1.54) is 16.9 Å². The van der Waals surface area contributed by atoms with Gasteiger partial charge in [-0.05, 0) is 24.6 Å². The highest BCUT2D eigenvalue weighted by Crippen LogP contribution is 2.27. The number of aliphatic hydroxyl groups excluding tert-OH is 1. The summed E-state index contributed by atoms with van der Waals surface area (Å²) in [5.41, 5.74) is 1.23. The minimum absolute atomic E-state index is 0.0571. The Kier molecular flexibility index (Phi) is 5.91. The summed E-state index contributed by atoms with van der Waals surface area (Å²) < 4.78 is 30.0. The van der Waals surface area contributed by atoms with Crippen LogP contribution in [0.1, 0.15) is 34.2 Å². The van der Waals surface area contributed by atoms with Crippen LogP contribution in [0.3, 0.4) is 0 Å². The van der Waals surface area contributed by atoms with E-state index in [9.17, 15) is 18.4 Å². The molecule has 0 saturated carbocycles. The molecule has 0 spiro atoms. The van der Waals surface area contributed by atoms with Crippen molar-refractivity contribution in [2.24, 2.45) is 0 Å². The molecule has 2 amide bonds. The Morgan fingerprint density at radius 3 is 2.75 bits per heavy atom. The number of carbonyl (C=O) groups excluding carboxylic acids is 2. The van der Waals surface area contributed by atoms with Crippen molar-refractivity contribution in [3.8, 4) is 11.4 Å². The first-order chi connectivity index (χ1) is 15.4. The van der Waals surface area contributed by atoms with Gasteiger partial charge in [-0.3, -0.25) is 14.3 Å². The Morgan fingerprint density at radius 2 is 2.03 bits per heavy atom. The fraction of sp³-hybridized carbons (Fsp3) is 0.286. The number of halogens is 2. The van der Waals surface area contributed by atoms with Crippen molar-refractivity contribution in [1.29, 1.82) is 0 Å². The summed E-state index contributed by atoms with van der Waals surface area (Å²) in [5, 5.41) is 18.4. The van der Waals surface area contributed by atoms with E-state index >= 15 is 0 Å². The number of fused-ring (bicyclic) bond motifs is 1. The van der Waals surface area contributed by atoms with Gasteiger partial charge in [0.1, 0.15) is 18.2 Å². The highest BCUT2D eigenvalue weighted by Gasteiger charge is 2.28. The van der Waals surface area contributed by atoms with Crippen molar-refractivity contribution < 1.29 is 23.5 Å². The fourth-order valence-electron chi connectivity index (χ4n) is 3.44. The van der Waals surface area contributed by atoms with Gasteiger partial charge in [-0.2, -0.15) is 5.10 Å². The summed E-state index contributed by atoms with van der Waals surface area (Å²) in [5.74, 6) is -2.43. The second-order valence-corrected chi connectivity index (χ2v) is 7.47. The van der Waals surface area contributed by atoms with Gasteiger partial charge in [0.05, 0.1) is 41.9 Å². The molecular weight excluding hydrogens is 422 g/mol. The van der Waals surface area contributed by atoms with Gasteiger partial charge in [0.2, 0.25) is 5.91 Å². The minimum Gasteiger partial charge on any atom is -0.394 e. The third-order valence-electron chi connectivity index (χ3n) is 4.93. The monoisotopic (exact) mass is 442 g/mol. The lowest BCUT2D eigenvalue weighted by Crippen LogP contribution is -2.37. The third kappa shape index (κ3) is 4.33. The lowest BCUT2D eigenvalue weighted by atomic mass is 10.1. The molecule has 1 aliphatic rings. The van der Waals surface area contributed by atoms with Gasteiger partial charge in [0, 0.05) is 18.7 Å². The number of hydrogen-bond acceptors (Lipinski definition) is 6. The zero-order valence-electron chi connectivity index (χ0n) is 17.1. The Hall–Kier alpha value is -3.73. The van der Waals surface area contributed by atoms with Crippen LogP contribution in [-0.4, -0.2) is 49.3 Å². The van der Waals surface area contributed by atoms with Crippen molar-refractivity contribution in [3.05, 3.63) is 64.7 Å². The van der Waals surface area contributed by atoms with Gasteiger partial charge in [0.25, 0.3) is 5.91 Å². The van der Waals surface area contributed by atoms with E-state index in [1.54, 1.807) is 13.1 Å². The van der Waals surface area contributed by atoms with E-state index in [2.05, 4.69) is 25.7 Å². The average Bonchev–Trinajstić information content (AvgIpc) is 3.34. The van der Waals surface area contributed by atoms with E-state index < -0.39 is 11.6 Å². The van der Waals surface area contributed by atoms with Crippen LogP contribution >= 0.6 is 0 Å². The molecule has 1 aliphatic heterocycles. The quantitative estimate of drug-likeness (QED) is 0.501. The minimum atomic E-state index is -0.802. The molecule has 3 N–H and O–H groups in total. The predicted molar refractivity (Wildman–Crippen MR) is 108 cm³/mol. The largest absolute Gasteiger partial charge is 0.394 e. The van der Waals surface area contributed by atoms with Gasteiger partial charge in [-0.15, -0.1) is 0 Å². The Morgan fingerprint density at radius 1 is 1.28 bits per heavy atom. The highest BCUT2D eigenvalue weighted by atomic mass is 19.1. The van der Waals surface area contributed by atoms with E-state index in [0.29, 0.717) is 17.0 Å². The van der Waals surface area contributed by atoms with Gasteiger partial charge in [-0.1, -0.05) is 6.07 Å². The van der Waals surface area contributed by atoms with Crippen LogP contribution < -0.4 is 10.6 Å². The summed E-state index contributed by atoms with van der Waals surface area (Å²) >= 11 is 0. The molecule has 1 aromatic carbocycles. The number of rotatable bonds is 7. The highest BCUT2D eigenvalue weighted by molar-refractivity contribution is 5.99. The van der Waals surface area contributed by atoms with Gasteiger partial charge < -0.3 is 15.7 Å². The van der Waals surface area contributed by atoms with Crippen LogP contribution in [0.25, 0.3) is 11.4 Å². The second-order valence-electron chi connectivity index (χ2n) is 7.47. The molecule has 0 radical (unpaired) electrons. The third-order valence-corrected chi connectivity index (χ3v) is 4.93. The SMILES string of the molecule is C[C@H](CO)NC(=O)Cn1cc(Cc2nc(-c3c(F)cccc3F)nc3c2C(=O)NC3)cn1. The molecule has 166 valence electrons. The van der Waals surface area contributed by atoms with Crippen LogP contribution in [-0.2, 0) is 24.3 Å². The number of nitrogens with one attached hydrogen (secondary N) is 2. The maximum Gasteiger partial charge on any atom is 0.255 e. The summed E-state index contributed by atoms with van der Waals surface area (Å²) in [6.45, 7) is 1.57. The Labute approximate surface area is 181 Å². The van der Waals surface area contributed by atoms with Crippen molar-refractivity contribution in [1.82, 2.24) is 30.4 Å². The van der Waals surface area contributed by atoms with Gasteiger partial charge in [-0.25, -0.2) is 18.7 Å². The van der Waals surface area contributed by atoms with E-state index in [-0.39, 0.29) is 60.9 Å². The number of nitrogens with zero attached hydrogens (tertiary/aromatic N) is 4. The van der Waals surface area contributed by atoms with Crippen LogP contribution in [0.2, 0.25) is 0 Å². The molecule has 0 fully saturated rings. The lowest BCUT2D eigenvalue weighted by Gasteiger charge is -2.10. The normalized spacial score (nSPS) is 13.6. The van der Waals surface area contributed by atoms with Crippen LogP contribution in [0.5, 0.6) is 0 Å². The van der Waals surface area contributed by atoms with Crippen LogP contribution in [0, 0.1) is 11.6 Å². The first-order valence-electron chi connectivity index (χ1n) is 9.89. The maximum atomic E-state index is 14.3. The molecule has 3 aromatic rings. The molecule has 0 aliphatic carbocycles. The standard InChI is InChI=1S/C21H20F2N6O3/c1-11(10-30)26-17(31)9-29-8-12(6-25-29)5-15-19-16(7-24-21(19)32)28-20(27-15)18-13(22)3-2-4-14(18)23/h2-4,6,8,11,30H,5,7,9-10H2,1H3,(H,24,32)(H,26,31)/t11-/m1/s1. The Bertz CT molecular complexity index is 1180. The van der Waals surface area contributed by atoms with Gasteiger partial charge >= 0.3 is 0 Å². The van der Waals surface area contributed by atoms with E-state index in [4.69, 9.17) is 5.11 Å². The zero-order valence-corrected chi connectivity index (χ0v) is 17.1. The smallest absolute Gasteiger partial charge is 0.255 e. The molecule has 3 heterocycles. The molecule has 0 bridgehead atoms. The zero-order chi connectivity index (χ0) is 22.8. The number of amides is 2. The molecular formula is C21H20F2N6O3. The van der Waals surface area contributed by atoms with Crippen molar-refractivity contribution in [2.45, 2.75) is 32.5 Å². The lowest BCUT2D eigenvalue weighted by molar-refractivity contribution is -0.122. The molecule has 9 nitrogen and oxygen atoms in total.